The lowest BCUT2D eigenvalue weighted by Crippen LogP contribution is -2.50. The Morgan fingerprint density at radius 2 is 2.17 bits per heavy atom. The fourth-order valence-corrected chi connectivity index (χ4v) is 6.16. The second-order valence-corrected chi connectivity index (χ2v) is 8.23. The molecule has 0 amide bonds. The SMILES string of the molecule is C=C[C@@]12CCc3cc(OC)ccc3[C@H]1CC[C@@]1(C)[C@H]2C[C@@H](F)[C@@H]1O. The van der Waals surface area contributed by atoms with Gasteiger partial charge in [-0.1, -0.05) is 19.1 Å². The third-order valence-corrected chi connectivity index (χ3v) is 7.48. The van der Waals surface area contributed by atoms with E-state index in [2.05, 4.69) is 31.7 Å². The summed E-state index contributed by atoms with van der Waals surface area (Å²) < 4.78 is 19.8. The quantitative estimate of drug-likeness (QED) is 0.814. The molecule has 0 unspecified atom stereocenters. The Morgan fingerprint density at radius 3 is 2.88 bits per heavy atom. The average Bonchev–Trinajstić information content (AvgIpc) is 2.85. The van der Waals surface area contributed by atoms with Gasteiger partial charge in [0, 0.05) is 5.41 Å². The van der Waals surface area contributed by atoms with Gasteiger partial charge in [-0.15, -0.1) is 6.58 Å². The number of halogens is 1. The van der Waals surface area contributed by atoms with Crippen molar-refractivity contribution in [3.63, 3.8) is 0 Å². The summed E-state index contributed by atoms with van der Waals surface area (Å²) in [5, 5.41) is 10.5. The van der Waals surface area contributed by atoms with Crippen LogP contribution in [0.5, 0.6) is 5.75 Å². The zero-order valence-electron chi connectivity index (χ0n) is 14.6. The summed E-state index contributed by atoms with van der Waals surface area (Å²) in [7, 11) is 1.70. The van der Waals surface area contributed by atoms with Gasteiger partial charge in [0.05, 0.1) is 13.2 Å². The first kappa shape index (κ1) is 16.1. The number of aliphatic hydroxyl groups excluding tert-OH is 1. The van der Waals surface area contributed by atoms with E-state index in [1.807, 2.05) is 6.07 Å². The Hall–Kier alpha value is -1.35. The molecule has 3 aliphatic carbocycles. The largest absolute Gasteiger partial charge is 0.497 e. The van der Waals surface area contributed by atoms with Gasteiger partial charge in [-0.25, -0.2) is 4.39 Å². The van der Waals surface area contributed by atoms with Gasteiger partial charge in [-0.2, -0.15) is 0 Å². The van der Waals surface area contributed by atoms with Crippen molar-refractivity contribution in [2.45, 2.75) is 57.2 Å². The van der Waals surface area contributed by atoms with Gasteiger partial charge < -0.3 is 9.84 Å². The third-order valence-electron chi connectivity index (χ3n) is 7.48. The van der Waals surface area contributed by atoms with Crippen molar-refractivity contribution in [3.8, 4) is 5.75 Å². The summed E-state index contributed by atoms with van der Waals surface area (Å²) in [5.41, 5.74) is 2.31. The van der Waals surface area contributed by atoms with Crippen LogP contribution in [0.4, 0.5) is 4.39 Å². The molecular weight excluding hydrogens is 303 g/mol. The minimum absolute atomic E-state index is 0.101. The van der Waals surface area contributed by atoms with E-state index in [0.29, 0.717) is 12.3 Å². The molecule has 0 bridgehead atoms. The zero-order valence-corrected chi connectivity index (χ0v) is 14.6. The van der Waals surface area contributed by atoms with Crippen LogP contribution in [0.15, 0.2) is 30.9 Å². The fourth-order valence-electron chi connectivity index (χ4n) is 6.16. The summed E-state index contributed by atoms with van der Waals surface area (Å²) in [6.45, 7) is 6.27. The van der Waals surface area contributed by atoms with Crippen LogP contribution in [0.25, 0.3) is 0 Å². The van der Waals surface area contributed by atoms with Gasteiger partial charge >= 0.3 is 0 Å². The maximum atomic E-state index is 14.4. The predicted octanol–water partition coefficient (Wildman–Crippen LogP) is 4.42. The topological polar surface area (TPSA) is 29.5 Å². The molecule has 130 valence electrons. The van der Waals surface area contributed by atoms with Crippen LogP contribution in [0, 0.1) is 16.7 Å². The summed E-state index contributed by atoms with van der Waals surface area (Å²) in [6.07, 6.45) is 4.44. The molecule has 1 aromatic carbocycles. The van der Waals surface area contributed by atoms with Crippen LogP contribution in [0.3, 0.4) is 0 Å². The lowest BCUT2D eigenvalue weighted by molar-refractivity contribution is -0.0606. The Morgan fingerprint density at radius 1 is 1.38 bits per heavy atom. The number of ether oxygens (including phenoxy) is 1. The highest BCUT2D eigenvalue weighted by atomic mass is 19.1. The molecular formula is C21H27FO2. The lowest BCUT2D eigenvalue weighted by Gasteiger charge is -2.57. The van der Waals surface area contributed by atoms with Gasteiger partial charge in [0.2, 0.25) is 0 Å². The average molecular weight is 330 g/mol. The van der Waals surface area contributed by atoms with Gasteiger partial charge in [0.25, 0.3) is 0 Å². The number of alkyl halides is 1. The van der Waals surface area contributed by atoms with Crippen LogP contribution < -0.4 is 4.74 Å². The molecule has 0 spiro atoms. The number of rotatable bonds is 2. The second kappa shape index (κ2) is 5.32. The van der Waals surface area contributed by atoms with E-state index < -0.39 is 12.3 Å². The molecule has 0 radical (unpaired) electrons. The van der Waals surface area contributed by atoms with Crippen molar-refractivity contribution in [1.82, 2.24) is 0 Å². The summed E-state index contributed by atoms with van der Waals surface area (Å²) in [6, 6.07) is 6.38. The van der Waals surface area contributed by atoms with E-state index in [4.69, 9.17) is 4.74 Å². The van der Waals surface area contributed by atoms with Crippen LogP contribution >= 0.6 is 0 Å². The van der Waals surface area contributed by atoms with E-state index in [0.717, 1.165) is 31.4 Å². The number of aryl methyl sites for hydroxylation is 1. The van der Waals surface area contributed by atoms with E-state index >= 15 is 0 Å². The molecule has 2 nitrogen and oxygen atoms in total. The molecule has 24 heavy (non-hydrogen) atoms. The molecule has 2 saturated carbocycles. The van der Waals surface area contributed by atoms with Crippen LogP contribution in [0.2, 0.25) is 0 Å². The molecule has 0 heterocycles. The Kier molecular flexibility index (Phi) is 3.58. The van der Waals surface area contributed by atoms with Gasteiger partial charge in [0.15, 0.2) is 0 Å². The molecule has 1 N–H and O–H groups in total. The maximum Gasteiger partial charge on any atom is 0.127 e. The van der Waals surface area contributed by atoms with E-state index in [-0.39, 0.29) is 16.7 Å². The van der Waals surface area contributed by atoms with E-state index in [1.54, 1.807) is 7.11 Å². The summed E-state index contributed by atoms with van der Waals surface area (Å²) in [4.78, 5) is 0. The number of benzene rings is 1. The first-order valence-electron chi connectivity index (χ1n) is 9.09. The first-order valence-corrected chi connectivity index (χ1v) is 9.09. The normalized spacial score (nSPS) is 43.5. The van der Waals surface area contributed by atoms with Crippen molar-refractivity contribution in [3.05, 3.63) is 42.0 Å². The minimum atomic E-state index is -1.10. The van der Waals surface area contributed by atoms with E-state index in [1.165, 1.54) is 11.1 Å². The number of allylic oxidation sites excluding steroid dienone is 1. The van der Waals surface area contributed by atoms with Crippen LogP contribution in [0.1, 0.15) is 49.7 Å². The van der Waals surface area contributed by atoms with Crippen molar-refractivity contribution in [2.75, 3.05) is 7.11 Å². The first-order chi connectivity index (χ1) is 11.5. The number of aliphatic hydroxyl groups is 1. The molecule has 0 aliphatic heterocycles. The van der Waals surface area contributed by atoms with Gasteiger partial charge in [0.1, 0.15) is 11.9 Å². The molecule has 4 rings (SSSR count). The highest BCUT2D eigenvalue weighted by Gasteiger charge is 2.63. The molecule has 3 heteroatoms. The fraction of sp³-hybridized carbons (Fsp3) is 0.619. The van der Waals surface area contributed by atoms with Gasteiger partial charge in [-0.3, -0.25) is 0 Å². The molecule has 3 aliphatic rings. The Balaban J connectivity index is 1.80. The van der Waals surface area contributed by atoms with Gasteiger partial charge in [-0.05, 0) is 72.6 Å². The second-order valence-electron chi connectivity index (χ2n) is 8.23. The summed E-state index contributed by atoms with van der Waals surface area (Å²) >= 11 is 0. The molecule has 0 aromatic heterocycles. The predicted molar refractivity (Wildman–Crippen MR) is 93.0 cm³/mol. The van der Waals surface area contributed by atoms with Crippen LogP contribution in [-0.4, -0.2) is 24.5 Å². The maximum absolute atomic E-state index is 14.4. The molecule has 1 aromatic rings. The standard InChI is InChI=1S/C21H27FO2/c1-4-21-10-7-13-11-14(24-3)5-6-15(13)16(21)8-9-20(2)18(21)12-17(22)19(20)23/h4-6,11,16-19,23H,1,7-10,12H2,2-3H3/t16-,17-,18-,19+,20+,21-/m1/s1. The highest BCUT2D eigenvalue weighted by molar-refractivity contribution is 5.43. The number of hydrogen-bond donors (Lipinski definition) is 1. The highest BCUT2D eigenvalue weighted by Crippen LogP contribution is 2.67. The molecule has 2 fully saturated rings. The molecule has 0 saturated heterocycles. The minimum Gasteiger partial charge on any atom is -0.497 e. The number of fused-ring (bicyclic) bond motifs is 5. The van der Waals surface area contributed by atoms with Crippen molar-refractivity contribution in [1.29, 1.82) is 0 Å². The van der Waals surface area contributed by atoms with Crippen molar-refractivity contribution < 1.29 is 14.2 Å². The third kappa shape index (κ3) is 1.91. The zero-order chi connectivity index (χ0) is 17.1. The van der Waals surface area contributed by atoms with Crippen molar-refractivity contribution >= 4 is 0 Å². The number of hydrogen-bond acceptors (Lipinski definition) is 2. The van der Waals surface area contributed by atoms with Crippen molar-refractivity contribution in [2.24, 2.45) is 16.7 Å². The monoisotopic (exact) mass is 330 g/mol. The summed E-state index contributed by atoms with van der Waals surface area (Å²) in [5.74, 6) is 1.45. The van der Waals surface area contributed by atoms with Crippen LogP contribution in [-0.2, 0) is 6.42 Å². The smallest absolute Gasteiger partial charge is 0.127 e. The Bertz CT molecular complexity index is 672. The van der Waals surface area contributed by atoms with E-state index in [9.17, 15) is 9.50 Å². The Labute approximate surface area is 143 Å². The lowest BCUT2D eigenvalue weighted by atomic mass is 9.47. The molecule has 6 atom stereocenters. The number of methoxy groups -OCH3 is 1.